The normalized spacial score (nSPS) is 10.2. The van der Waals surface area contributed by atoms with Gasteiger partial charge in [0.2, 0.25) is 0 Å². The van der Waals surface area contributed by atoms with Gasteiger partial charge in [-0.3, -0.25) is 0 Å². The van der Waals surface area contributed by atoms with E-state index in [1.165, 1.54) is 11.1 Å². The molecule has 2 N–H and O–H groups in total. The first-order valence-electron chi connectivity index (χ1n) is 6.27. The molecule has 0 aliphatic heterocycles. The summed E-state index contributed by atoms with van der Waals surface area (Å²) in [5, 5.41) is 0. The molecule has 0 aromatic heterocycles. The summed E-state index contributed by atoms with van der Waals surface area (Å²) in [6, 6.07) is 20.7. The Morgan fingerprint density at radius 2 is 1.05 bits per heavy atom. The molecule has 2 aromatic carbocycles. The fourth-order valence-corrected chi connectivity index (χ4v) is 5.08. The molecule has 0 saturated carbocycles. The van der Waals surface area contributed by atoms with Crippen molar-refractivity contribution in [1.29, 1.82) is 0 Å². The SMILES string of the molecule is O.O=[Te](CCc1ccccc1)CCc1ccccc1. The molecule has 0 fully saturated rings. The van der Waals surface area contributed by atoms with E-state index in [9.17, 15) is 3.10 Å². The Morgan fingerprint density at radius 3 is 1.42 bits per heavy atom. The van der Waals surface area contributed by atoms with Gasteiger partial charge < -0.3 is 5.48 Å². The molecule has 102 valence electrons. The predicted octanol–water partition coefficient (Wildman–Crippen LogP) is 3.07. The van der Waals surface area contributed by atoms with Gasteiger partial charge in [0.1, 0.15) is 0 Å². The minimum atomic E-state index is -2.09. The summed E-state index contributed by atoms with van der Waals surface area (Å²) in [4.78, 5) is 0. The summed E-state index contributed by atoms with van der Waals surface area (Å²) >= 11 is -2.09. The first kappa shape index (κ1) is 16.0. The topological polar surface area (TPSA) is 48.6 Å². The molecule has 0 spiro atoms. The Morgan fingerprint density at radius 1 is 0.684 bits per heavy atom. The molecule has 0 radical (unpaired) electrons. The Bertz CT molecular complexity index is 437. The molecule has 0 amide bonds. The molecule has 3 heteroatoms. The quantitative estimate of drug-likeness (QED) is 0.720. The van der Waals surface area contributed by atoms with Crippen LogP contribution in [0, 0.1) is 0 Å². The van der Waals surface area contributed by atoms with Crippen LogP contribution >= 0.6 is 0 Å². The summed E-state index contributed by atoms with van der Waals surface area (Å²) in [6.07, 6.45) is 1.94. The second kappa shape index (κ2) is 8.98. The second-order valence-electron chi connectivity index (χ2n) is 4.32. The first-order chi connectivity index (χ1) is 8.84. The van der Waals surface area contributed by atoms with Crippen molar-refractivity contribution >= 4 is 19.5 Å². The van der Waals surface area contributed by atoms with Crippen LogP contribution in [0.25, 0.3) is 0 Å². The van der Waals surface area contributed by atoms with Crippen molar-refractivity contribution in [2.45, 2.75) is 21.8 Å². The van der Waals surface area contributed by atoms with E-state index in [0.29, 0.717) is 0 Å². The molecule has 0 unspecified atom stereocenters. The fraction of sp³-hybridized carbons (Fsp3) is 0.250. The molecule has 2 aromatic rings. The Balaban J connectivity index is 0.00000180. The summed E-state index contributed by atoms with van der Waals surface area (Å²) in [7, 11) is 0. The molecule has 0 saturated heterocycles. The number of hydrogen-bond acceptors (Lipinski definition) is 1. The number of aryl methyl sites for hydroxylation is 2. The number of rotatable bonds is 6. The van der Waals surface area contributed by atoms with Crippen LogP contribution in [0.15, 0.2) is 60.7 Å². The summed E-state index contributed by atoms with van der Waals surface area (Å²) in [5.74, 6) is 0. The van der Waals surface area contributed by atoms with Gasteiger partial charge in [0.15, 0.2) is 0 Å². The second-order valence-corrected chi connectivity index (χ2v) is 9.16. The van der Waals surface area contributed by atoms with Gasteiger partial charge in [-0.15, -0.1) is 0 Å². The van der Waals surface area contributed by atoms with Crippen LogP contribution in [0.4, 0.5) is 0 Å². The van der Waals surface area contributed by atoms with E-state index in [2.05, 4.69) is 24.3 Å². The van der Waals surface area contributed by atoms with Gasteiger partial charge in [0.05, 0.1) is 0 Å². The third-order valence-corrected chi connectivity index (χ3v) is 6.69. The van der Waals surface area contributed by atoms with Crippen molar-refractivity contribution in [3.05, 3.63) is 71.8 Å². The van der Waals surface area contributed by atoms with E-state index in [1.807, 2.05) is 36.4 Å². The molecular weight excluding hydrogens is 352 g/mol. The van der Waals surface area contributed by atoms with Crippen LogP contribution < -0.4 is 0 Å². The Labute approximate surface area is 121 Å². The molecule has 0 bridgehead atoms. The zero-order valence-electron chi connectivity index (χ0n) is 10.9. The van der Waals surface area contributed by atoms with Crippen LogP contribution in [0.1, 0.15) is 11.1 Å². The summed E-state index contributed by atoms with van der Waals surface area (Å²) in [6.45, 7) is 0. The van der Waals surface area contributed by atoms with Crippen LogP contribution in [0.3, 0.4) is 0 Å². The zero-order chi connectivity index (χ0) is 12.6. The third-order valence-electron chi connectivity index (χ3n) is 2.92. The van der Waals surface area contributed by atoms with Gasteiger partial charge in [-0.2, -0.15) is 0 Å². The van der Waals surface area contributed by atoms with Gasteiger partial charge in [0, 0.05) is 0 Å². The van der Waals surface area contributed by atoms with Crippen molar-refractivity contribution in [2.75, 3.05) is 0 Å². The van der Waals surface area contributed by atoms with Gasteiger partial charge in [-0.25, -0.2) is 0 Å². The molecule has 0 heterocycles. The van der Waals surface area contributed by atoms with Gasteiger partial charge in [0.25, 0.3) is 0 Å². The van der Waals surface area contributed by atoms with Gasteiger partial charge in [-0.05, 0) is 0 Å². The van der Waals surface area contributed by atoms with Gasteiger partial charge in [-0.1, -0.05) is 0 Å². The number of benzene rings is 2. The molecule has 0 atom stereocenters. The van der Waals surface area contributed by atoms with Crippen LogP contribution in [0.2, 0.25) is 8.94 Å². The van der Waals surface area contributed by atoms with Gasteiger partial charge >= 0.3 is 116 Å². The molecule has 19 heavy (non-hydrogen) atoms. The van der Waals surface area contributed by atoms with Crippen molar-refractivity contribution in [1.82, 2.24) is 0 Å². The maximum atomic E-state index is 12.0. The minimum absolute atomic E-state index is 0. The monoisotopic (exact) mass is 374 g/mol. The molecule has 0 aliphatic rings. The van der Waals surface area contributed by atoms with E-state index in [4.69, 9.17) is 0 Å². The fourth-order valence-electron chi connectivity index (χ4n) is 1.85. The summed E-state index contributed by atoms with van der Waals surface area (Å²) < 4.78 is 13.8. The molecule has 2 rings (SSSR count). The standard InChI is InChI=1S/C16H18OTe.H2O/c17-18(13-11-15-7-3-1-4-8-15)14-12-16-9-5-2-6-10-16;/h1-10H,11-14H2;1H2. The molecule has 2 nitrogen and oxygen atoms in total. The van der Waals surface area contributed by atoms with Crippen molar-refractivity contribution < 1.29 is 8.58 Å². The average Bonchev–Trinajstić information content (AvgIpc) is 2.45. The Kier molecular flexibility index (Phi) is 7.59. The van der Waals surface area contributed by atoms with Crippen molar-refractivity contribution in [3.8, 4) is 0 Å². The predicted molar refractivity (Wildman–Crippen MR) is 80.0 cm³/mol. The van der Waals surface area contributed by atoms with Crippen LogP contribution in [-0.2, 0) is 15.9 Å². The molecular formula is C16H20O2Te. The van der Waals surface area contributed by atoms with E-state index in [-0.39, 0.29) is 5.48 Å². The molecule has 0 aliphatic carbocycles. The van der Waals surface area contributed by atoms with E-state index >= 15 is 0 Å². The first-order valence-corrected chi connectivity index (χ1v) is 10.5. The van der Waals surface area contributed by atoms with Crippen molar-refractivity contribution in [2.24, 2.45) is 0 Å². The van der Waals surface area contributed by atoms with E-state index in [1.54, 1.807) is 0 Å². The van der Waals surface area contributed by atoms with Crippen LogP contribution in [-0.4, -0.2) is 25.0 Å². The Hall–Kier alpha value is -1.01. The average molecular weight is 372 g/mol. The van der Waals surface area contributed by atoms with Crippen molar-refractivity contribution in [3.63, 3.8) is 0 Å². The third kappa shape index (κ3) is 6.11. The number of hydrogen-bond donors (Lipinski definition) is 0. The maximum absolute atomic E-state index is 12.0. The zero-order valence-corrected chi connectivity index (χ0v) is 13.2. The van der Waals surface area contributed by atoms with Crippen LogP contribution in [0.5, 0.6) is 0 Å². The summed E-state index contributed by atoms with van der Waals surface area (Å²) in [5.41, 5.74) is 2.61. The van der Waals surface area contributed by atoms with E-state index < -0.39 is 19.5 Å². The van der Waals surface area contributed by atoms with E-state index in [0.717, 1.165) is 21.8 Å².